The lowest BCUT2D eigenvalue weighted by Gasteiger charge is -2.16. The van der Waals surface area contributed by atoms with Gasteiger partial charge >= 0.3 is 0 Å². The molecule has 0 fully saturated rings. The quantitative estimate of drug-likeness (QED) is 0.907. The van der Waals surface area contributed by atoms with E-state index in [0.717, 1.165) is 0 Å². The van der Waals surface area contributed by atoms with Crippen LogP contribution in [0.3, 0.4) is 0 Å². The van der Waals surface area contributed by atoms with Crippen LogP contribution in [0.1, 0.15) is 27.9 Å². The Bertz CT molecular complexity index is 630. The van der Waals surface area contributed by atoms with E-state index in [4.69, 9.17) is 16.1 Å². The van der Waals surface area contributed by atoms with Crippen LogP contribution in [0.4, 0.5) is 4.39 Å². The number of benzene rings is 1. The highest BCUT2D eigenvalue weighted by atomic mass is 35.5. The van der Waals surface area contributed by atoms with E-state index in [1.807, 2.05) is 0 Å². The van der Waals surface area contributed by atoms with Gasteiger partial charge in [-0.15, -0.1) is 0 Å². The van der Waals surface area contributed by atoms with Crippen molar-refractivity contribution in [3.63, 3.8) is 0 Å². The number of aryl methyl sites for hydroxylation is 1. The molecule has 1 amide bonds. The Kier molecular flexibility index (Phi) is 4.36. The number of amides is 1. The van der Waals surface area contributed by atoms with E-state index in [-0.39, 0.29) is 16.3 Å². The smallest absolute Gasteiger partial charge is 0.290 e. The van der Waals surface area contributed by atoms with Gasteiger partial charge in [0.25, 0.3) is 5.91 Å². The van der Waals surface area contributed by atoms with Gasteiger partial charge in [0.2, 0.25) is 5.76 Å². The maximum Gasteiger partial charge on any atom is 0.290 e. The fraction of sp³-hybridized carbons (Fsp3) is 0.231. The van der Waals surface area contributed by atoms with Crippen LogP contribution in [0.15, 0.2) is 28.8 Å². The molecule has 2 N–H and O–H groups in total. The summed E-state index contributed by atoms with van der Waals surface area (Å²) >= 11 is 5.67. The summed E-state index contributed by atoms with van der Waals surface area (Å²) in [7, 11) is 0. The summed E-state index contributed by atoms with van der Waals surface area (Å²) in [4.78, 5) is 11.9. The molecule has 0 spiro atoms. The molecule has 7 heteroatoms. The highest BCUT2D eigenvalue weighted by Crippen LogP contribution is 2.23. The first-order valence-electron chi connectivity index (χ1n) is 5.82. The second-order valence-corrected chi connectivity index (χ2v) is 4.59. The number of nitrogens with one attached hydrogen (secondary N) is 1. The summed E-state index contributed by atoms with van der Waals surface area (Å²) in [6.45, 7) is 1.19. The van der Waals surface area contributed by atoms with Gasteiger partial charge in [0.15, 0.2) is 0 Å². The molecule has 0 aliphatic heterocycles. The fourth-order valence-corrected chi connectivity index (χ4v) is 1.89. The van der Waals surface area contributed by atoms with Gasteiger partial charge in [-0.25, -0.2) is 4.39 Å². The number of carbonyl (C=O) groups is 1. The lowest BCUT2D eigenvalue weighted by Crippen LogP contribution is -2.31. The Hall–Kier alpha value is -1.92. The third-order valence-electron chi connectivity index (χ3n) is 2.70. The van der Waals surface area contributed by atoms with Gasteiger partial charge in [-0.1, -0.05) is 28.9 Å². The van der Waals surface area contributed by atoms with Crippen LogP contribution in [0.25, 0.3) is 0 Å². The van der Waals surface area contributed by atoms with Crippen LogP contribution >= 0.6 is 11.6 Å². The van der Waals surface area contributed by atoms with Gasteiger partial charge < -0.3 is 14.9 Å². The lowest BCUT2D eigenvalue weighted by molar-refractivity contribution is 0.0878. The zero-order valence-corrected chi connectivity index (χ0v) is 11.3. The Morgan fingerprint density at radius 1 is 1.60 bits per heavy atom. The Balaban J connectivity index is 2.21. The maximum atomic E-state index is 13.9. The average Bonchev–Trinajstić information content (AvgIpc) is 2.86. The van der Waals surface area contributed by atoms with E-state index in [1.165, 1.54) is 24.3 Å². The number of carbonyl (C=O) groups excluding carboxylic acids is 1. The molecule has 1 atom stereocenters. The minimum atomic E-state index is -0.924. The number of halogens is 2. The number of hydrogen-bond acceptors (Lipinski definition) is 4. The number of hydrogen-bond donors (Lipinski definition) is 2. The van der Waals surface area contributed by atoms with Crippen molar-refractivity contribution in [1.82, 2.24) is 10.5 Å². The van der Waals surface area contributed by atoms with Crippen molar-refractivity contribution in [1.29, 1.82) is 0 Å². The highest BCUT2D eigenvalue weighted by Gasteiger charge is 2.21. The van der Waals surface area contributed by atoms with E-state index < -0.39 is 24.4 Å². The van der Waals surface area contributed by atoms with Crippen LogP contribution in [0, 0.1) is 12.7 Å². The number of aliphatic hydroxyl groups excluding tert-OH is 1. The first kappa shape index (κ1) is 14.5. The summed E-state index contributed by atoms with van der Waals surface area (Å²) in [5, 5.41) is 15.3. The summed E-state index contributed by atoms with van der Waals surface area (Å²) in [6, 6.07) is 4.88. The Labute approximate surface area is 119 Å². The Morgan fingerprint density at radius 3 is 2.95 bits per heavy atom. The van der Waals surface area contributed by atoms with Crippen LogP contribution < -0.4 is 5.32 Å². The van der Waals surface area contributed by atoms with Gasteiger partial charge in [0.05, 0.1) is 23.4 Å². The minimum absolute atomic E-state index is 0.0108. The highest BCUT2D eigenvalue weighted by molar-refractivity contribution is 6.30. The van der Waals surface area contributed by atoms with E-state index in [9.17, 15) is 14.3 Å². The standard InChI is InChI=1S/C13H12ClFN2O3/c1-7-5-11(20-17-7)13(19)16-10(6-18)8-3-2-4-9(14)12(8)15/h2-5,10,18H,6H2,1H3,(H,16,19)/t10-/m1/s1. The summed E-state index contributed by atoms with van der Waals surface area (Å²) in [5.41, 5.74) is 0.647. The van der Waals surface area contributed by atoms with E-state index in [2.05, 4.69) is 10.5 Å². The molecule has 5 nitrogen and oxygen atoms in total. The molecule has 0 aliphatic carbocycles. The number of aromatic nitrogens is 1. The van der Waals surface area contributed by atoms with Gasteiger partial charge in [-0.2, -0.15) is 0 Å². The van der Waals surface area contributed by atoms with Gasteiger partial charge in [0.1, 0.15) is 5.82 Å². The molecule has 2 rings (SSSR count). The van der Waals surface area contributed by atoms with Gasteiger partial charge in [-0.3, -0.25) is 4.79 Å². The van der Waals surface area contributed by atoms with E-state index in [1.54, 1.807) is 6.92 Å². The predicted octanol–water partition coefficient (Wildman–Crippen LogP) is 2.24. The van der Waals surface area contributed by atoms with Gasteiger partial charge in [-0.05, 0) is 13.0 Å². The molecular formula is C13H12ClFN2O3. The molecule has 0 saturated carbocycles. The molecule has 1 aromatic carbocycles. The monoisotopic (exact) mass is 298 g/mol. The van der Waals surface area contributed by atoms with E-state index >= 15 is 0 Å². The maximum absolute atomic E-state index is 13.9. The SMILES string of the molecule is Cc1cc(C(=O)N[C@H](CO)c2cccc(Cl)c2F)on1. The second kappa shape index (κ2) is 6.02. The Morgan fingerprint density at radius 2 is 2.35 bits per heavy atom. The van der Waals surface area contributed by atoms with E-state index in [0.29, 0.717) is 5.69 Å². The minimum Gasteiger partial charge on any atom is -0.394 e. The molecule has 2 aromatic rings. The van der Waals surface area contributed by atoms with Crippen LogP contribution in [0.5, 0.6) is 0 Å². The first-order valence-corrected chi connectivity index (χ1v) is 6.19. The molecule has 1 heterocycles. The van der Waals surface area contributed by atoms with Crippen molar-refractivity contribution in [2.24, 2.45) is 0 Å². The normalized spacial score (nSPS) is 12.2. The first-order chi connectivity index (χ1) is 9.52. The van der Waals surface area contributed by atoms with Crippen LogP contribution in [-0.2, 0) is 0 Å². The number of aliphatic hydroxyl groups is 1. The fourth-order valence-electron chi connectivity index (χ4n) is 1.71. The number of rotatable bonds is 4. The molecule has 106 valence electrons. The van der Waals surface area contributed by atoms with Gasteiger partial charge in [0, 0.05) is 11.6 Å². The largest absolute Gasteiger partial charge is 0.394 e. The molecule has 0 radical (unpaired) electrons. The topological polar surface area (TPSA) is 75.4 Å². The van der Waals surface area contributed by atoms with Crippen molar-refractivity contribution >= 4 is 17.5 Å². The van der Waals surface area contributed by atoms with Crippen molar-refractivity contribution in [3.8, 4) is 0 Å². The van der Waals surface area contributed by atoms with Crippen LogP contribution in [-0.4, -0.2) is 22.8 Å². The zero-order valence-electron chi connectivity index (χ0n) is 10.6. The van der Waals surface area contributed by atoms with Crippen LogP contribution in [0.2, 0.25) is 5.02 Å². The van der Waals surface area contributed by atoms with Crippen molar-refractivity contribution in [2.45, 2.75) is 13.0 Å². The summed E-state index contributed by atoms with van der Waals surface area (Å²) in [5.74, 6) is -1.28. The zero-order chi connectivity index (χ0) is 14.7. The molecule has 0 bridgehead atoms. The lowest BCUT2D eigenvalue weighted by atomic mass is 10.1. The summed E-state index contributed by atoms with van der Waals surface area (Å²) in [6.07, 6.45) is 0. The molecule has 0 aliphatic rings. The molecular weight excluding hydrogens is 287 g/mol. The third-order valence-corrected chi connectivity index (χ3v) is 2.99. The molecule has 0 saturated heterocycles. The van der Waals surface area contributed by atoms with Crippen molar-refractivity contribution in [3.05, 3.63) is 52.1 Å². The number of nitrogens with zero attached hydrogens (tertiary/aromatic N) is 1. The molecule has 20 heavy (non-hydrogen) atoms. The molecule has 1 aromatic heterocycles. The third kappa shape index (κ3) is 2.97. The second-order valence-electron chi connectivity index (χ2n) is 4.18. The van der Waals surface area contributed by atoms with Crippen molar-refractivity contribution in [2.75, 3.05) is 6.61 Å². The predicted molar refractivity (Wildman–Crippen MR) is 69.9 cm³/mol. The average molecular weight is 299 g/mol. The molecule has 0 unspecified atom stereocenters. The summed E-state index contributed by atoms with van der Waals surface area (Å²) < 4.78 is 18.7. The van der Waals surface area contributed by atoms with Crippen molar-refractivity contribution < 1.29 is 18.8 Å².